The van der Waals surface area contributed by atoms with Crippen molar-refractivity contribution in [1.82, 2.24) is 9.78 Å². The fourth-order valence-electron chi connectivity index (χ4n) is 1.73. The predicted octanol–water partition coefficient (Wildman–Crippen LogP) is 3.04. The van der Waals surface area contributed by atoms with E-state index in [1.807, 2.05) is 29.9 Å². The van der Waals surface area contributed by atoms with Gasteiger partial charge in [-0.2, -0.15) is 5.10 Å². The summed E-state index contributed by atoms with van der Waals surface area (Å²) in [5.74, 6) is 0. The molecule has 18 heavy (non-hydrogen) atoms. The van der Waals surface area contributed by atoms with Gasteiger partial charge in [-0.1, -0.05) is 0 Å². The zero-order valence-corrected chi connectivity index (χ0v) is 11.9. The number of benzene rings is 1. The van der Waals surface area contributed by atoms with Gasteiger partial charge in [0.05, 0.1) is 0 Å². The third-order valence-corrected chi connectivity index (χ3v) is 3.45. The van der Waals surface area contributed by atoms with E-state index in [1.54, 1.807) is 6.20 Å². The van der Waals surface area contributed by atoms with E-state index in [9.17, 15) is 0 Å². The smallest absolute Gasteiger partial charge is 0.0489 e. The standard InChI is InChI=1S/C13H17BrN4/c1-10-8-13(11(14)9-12(10)15)16-4-2-6-18-7-3-5-17-18/h3,5,7-9,16H,2,4,6,15H2,1H3. The van der Waals surface area contributed by atoms with E-state index in [0.29, 0.717) is 0 Å². The fourth-order valence-corrected chi connectivity index (χ4v) is 2.23. The van der Waals surface area contributed by atoms with Crippen molar-refractivity contribution in [3.05, 3.63) is 40.6 Å². The molecule has 0 radical (unpaired) electrons. The van der Waals surface area contributed by atoms with Gasteiger partial charge in [-0.3, -0.25) is 4.68 Å². The lowest BCUT2D eigenvalue weighted by Crippen LogP contribution is -2.07. The molecule has 0 fully saturated rings. The van der Waals surface area contributed by atoms with Crippen molar-refractivity contribution in [2.45, 2.75) is 19.9 Å². The topological polar surface area (TPSA) is 55.9 Å². The monoisotopic (exact) mass is 308 g/mol. The SMILES string of the molecule is Cc1cc(NCCCn2cccn2)c(Br)cc1N. The lowest BCUT2D eigenvalue weighted by atomic mass is 10.2. The summed E-state index contributed by atoms with van der Waals surface area (Å²) < 4.78 is 2.94. The van der Waals surface area contributed by atoms with Gasteiger partial charge < -0.3 is 11.1 Å². The minimum absolute atomic E-state index is 0.809. The van der Waals surface area contributed by atoms with Crippen molar-refractivity contribution in [2.24, 2.45) is 0 Å². The molecule has 0 unspecified atom stereocenters. The van der Waals surface area contributed by atoms with E-state index in [2.05, 4.69) is 32.4 Å². The summed E-state index contributed by atoms with van der Waals surface area (Å²) in [6.07, 6.45) is 4.80. The Hall–Kier alpha value is -1.49. The number of rotatable bonds is 5. The van der Waals surface area contributed by atoms with Crippen LogP contribution in [0.25, 0.3) is 0 Å². The summed E-state index contributed by atoms with van der Waals surface area (Å²) in [7, 11) is 0. The molecule has 1 aromatic carbocycles. The quantitative estimate of drug-likeness (QED) is 0.659. The molecular weight excluding hydrogens is 292 g/mol. The maximum absolute atomic E-state index is 5.84. The molecule has 0 saturated carbocycles. The number of hydrogen-bond acceptors (Lipinski definition) is 3. The first-order chi connectivity index (χ1) is 8.66. The van der Waals surface area contributed by atoms with Crippen LogP contribution in [0.1, 0.15) is 12.0 Å². The summed E-state index contributed by atoms with van der Waals surface area (Å²) in [5, 5.41) is 7.57. The largest absolute Gasteiger partial charge is 0.398 e. The third-order valence-electron chi connectivity index (χ3n) is 2.79. The zero-order valence-electron chi connectivity index (χ0n) is 10.4. The Balaban J connectivity index is 1.85. The number of hydrogen-bond donors (Lipinski definition) is 2. The first kappa shape index (κ1) is 13.0. The Bertz CT molecular complexity index is 508. The molecule has 1 heterocycles. The second kappa shape index (κ2) is 5.91. The van der Waals surface area contributed by atoms with Crippen molar-refractivity contribution < 1.29 is 0 Å². The van der Waals surface area contributed by atoms with Gasteiger partial charge in [-0.15, -0.1) is 0 Å². The zero-order chi connectivity index (χ0) is 13.0. The molecule has 0 aliphatic heterocycles. The fraction of sp³-hybridized carbons (Fsp3) is 0.308. The molecule has 0 aliphatic rings. The maximum Gasteiger partial charge on any atom is 0.0489 e. The van der Waals surface area contributed by atoms with Gasteiger partial charge in [0.15, 0.2) is 0 Å². The molecule has 0 spiro atoms. The van der Waals surface area contributed by atoms with Crippen molar-refractivity contribution in [3.63, 3.8) is 0 Å². The number of aromatic nitrogens is 2. The van der Waals surface area contributed by atoms with Crippen molar-refractivity contribution in [3.8, 4) is 0 Å². The minimum Gasteiger partial charge on any atom is -0.398 e. The van der Waals surface area contributed by atoms with E-state index in [-0.39, 0.29) is 0 Å². The van der Waals surface area contributed by atoms with Crippen LogP contribution in [0.2, 0.25) is 0 Å². The number of halogens is 1. The van der Waals surface area contributed by atoms with Crippen LogP contribution in [0.15, 0.2) is 35.1 Å². The molecule has 0 atom stereocenters. The average Bonchev–Trinajstić information content (AvgIpc) is 2.84. The Morgan fingerprint density at radius 1 is 1.44 bits per heavy atom. The summed E-state index contributed by atoms with van der Waals surface area (Å²) in [6.45, 7) is 3.84. The molecule has 0 aliphatic carbocycles. The molecule has 1 aromatic heterocycles. The van der Waals surface area contributed by atoms with E-state index >= 15 is 0 Å². The minimum atomic E-state index is 0.809. The van der Waals surface area contributed by atoms with Crippen LogP contribution in [0.3, 0.4) is 0 Å². The summed E-state index contributed by atoms with van der Waals surface area (Å²) in [4.78, 5) is 0. The Labute approximate surface area is 115 Å². The summed E-state index contributed by atoms with van der Waals surface area (Å²) in [6, 6.07) is 5.94. The Morgan fingerprint density at radius 2 is 2.28 bits per heavy atom. The predicted molar refractivity (Wildman–Crippen MR) is 78.6 cm³/mol. The molecule has 2 aromatic rings. The van der Waals surface area contributed by atoms with Crippen molar-refractivity contribution in [1.29, 1.82) is 0 Å². The maximum atomic E-state index is 5.84. The highest BCUT2D eigenvalue weighted by Crippen LogP contribution is 2.27. The first-order valence-electron chi connectivity index (χ1n) is 5.94. The molecule has 0 bridgehead atoms. The Kier molecular flexibility index (Phi) is 4.25. The van der Waals surface area contributed by atoms with Crippen LogP contribution < -0.4 is 11.1 Å². The number of aryl methyl sites for hydroxylation is 2. The highest BCUT2D eigenvalue weighted by molar-refractivity contribution is 9.10. The van der Waals surface area contributed by atoms with Gasteiger partial charge in [-0.25, -0.2) is 0 Å². The van der Waals surface area contributed by atoms with E-state index in [1.165, 1.54) is 0 Å². The van der Waals surface area contributed by atoms with Crippen LogP contribution >= 0.6 is 15.9 Å². The van der Waals surface area contributed by atoms with Gasteiger partial charge in [0, 0.05) is 41.3 Å². The van der Waals surface area contributed by atoms with Gasteiger partial charge in [0.2, 0.25) is 0 Å². The lowest BCUT2D eigenvalue weighted by molar-refractivity contribution is 0.592. The lowest BCUT2D eigenvalue weighted by Gasteiger charge is -2.11. The first-order valence-corrected chi connectivity index (χ1v) is 6.73. The molecule has 0 saturated heterocycles. The number of anilines is 2. The molecule has 96 valence electrons. The van der Waals surface area contributed by atoms with Crippen LogP contribution in [0, 0.1) is 6.92 Å². The molecule has 3 N–H and O–H groups in total. The van der Waals surface area contributed by atoms with Crippen molar-refractivity contribution >= 4 is 27.3 Å². The van der Waals surface area contributed by atoms with Gasteiger partial charge in [-0.05, 0) is 53.0 Å². The Morgan fingerprint density at radius 3 is 3.00 bits per heavy atom. The summed E-state index contributed by atoms with van der Waals surface area (Å²) in [5.41, 5.74) is 8.82. The molecule has 5 heteroatoms. The highest BCUT2D eigenvalue weighted by Gasteiger charge is 2.02. The number of nitrogens with zero attached hydrogens (tertiary/aromatic N) is 2. The van der Waals surface area contributed by atoms with E-state index in [4.69, 9.17) is 5.73 Å². The average molecular weight is 309 g/mol. The molecule has 0 amide bonds. The third kappa shape index (κ3) is 3.26. The van der Waals surface area contributed by atoms with E-state index in [0.717, 1.165) is 40.9 Å². The normalized spacial score (nSPS) is 10.6. The second-order valence-electron chi connectivity index (χ2n) is 4.24. The molecular formula is C13H17BrN4. The molecule has 4 nitrogen and oxygen atoms in total. The molecule has 2 rings (SSSR count). The number of nitrogen functional groups attached to an aromatic ring is 1. The van der Waals surface area contributed by atoms with Gasteiger partial charge in [0.25, 0.3) is 0 Å². The highest BCUT2D eigenvalue weighted by atomic mass is 79.9. The van der Waals surface area contributed by atoms with Crippen molar-refractivity contribution in [2.75, 3.05) is 17.6 Å². The van der Waals surface area contributed by atoms with Crippen LogP contribution in [-0.4, -0.2) is 16.3 Å². The van der Waals surface area contributed by atoms with Gasteiger partial charge >= 0.3 is 0 Å². The number of nitrogens with one attached hydrogen (secondary N) is 1. The second-order valence-corrected chi connectivity index (χ2v) is 5.09. The number of nitrogens with two attached hydrogens (primary N) is 1. The summed E-state index contributed by atoms with van der Waals surface area (Å²) >= 11 is 3.51. The van der Waals surface area contributed by atoms with Crippen LogP contribution in [0.5, 0.6) is 0 Å². The van der Waals surface area contributed by atoms with Crippen LogP contribution in [-0.2, 0) is 6.54 Å². The van der Waals surface area contributed by atoms with Gasteiger partial charge in [0.1, 0.15) is 0 Å². The van der Waals surface area contributed by atoms with Crippen LogP contribution in [0.4, 0.5) is 11.4 Å². The van der Waals surface area contributed by atoms with E-state index < -0.39 is 0 Å².